The van der Waals surface area contributed by atoms with Crippen LogP contribution >= 0.6 is 0 Å². The van der Waals surface area contributed by atoms with Crippen molar-refractivity contribution in [3.8, 4) is 0 Å². The highest BCUT2D eigenvalue weighted by atomic mass is 16.1. The van der Waals surface area contributed by atoms with Crippen molar-refractivity contribution in [1.29, 1.82) is 0 Å². The summed E-state index contributed by atoms with van der Waals surface area (Å²) in [6, 6.07) is 0. The lowest BCUT2D eigenvalue weighted by Crippen LogP contribution is -2.13. The van der Waals surface area contributed by atoms with Crippen LogP contribution in [-0.2, 0) is 4.79 Å². The summed E-state index contributed by atoms with van der Waals surface area (Å²) in [5.41, 5.74) is 3.58. The van der Waals surface area contributed by atoms with Gasteiger partial charge in [-0.15, -0.1) is 0 Å². The Labute approximate surface area is 111 Å². The first-order valence-corrected chi connectivity index (χ1v) is 7.30. The third-order valence-electron chi connectivity index (χ3n) is 4.30. The van der Waals surface area contributed by atoms with E-state index in [2.05, 4.69) is 25.2 Å². The lowest BCUT2D eigenvalue weighted by atomic mass is 9.84. The van der Waals surface area contributed by atoms with Crippen LogP contribution in [0.15, 0.2) is 34.9 Å². The van der Waals surface area contributed by atoms with Crippen molar-refractivity contribution in [2.45, 2.75) is 58.8 Å². The van der Waals surface area contributed by atoms with E-state index in [4.69, 9.17) is 0 Å². The maximum Gasteiger partial charge on any atom is 0.159 e. The number of carbonyl (C=O) groups excluding carboxylic acids is 1. The first kappa shape index (κ1) is 13.3. The van der Waals surface area contributed by atoms with E-state index in [1.165, 1.54) is 43.3 Å². The van der Waals surface area contributed by atoms with Gasteiger partial charge in [-0.1, -0.05) is 44.3 Å². The highest BCUT2D eigenvalue weighted by Gasteiger charge is 2.23. The summed E-state index contributed by atoms with van der Waals surface area (Å²) in [6.45, 7) is 4.10. The molecular weight excluding hydrogens is 220 g/mol. The monoisotopic (exact) mass is 244 g/mol. The van der Waals surface area contributed by atoms with E-state index in [0.29, 0.717) is 11.7 Å². The van der Waals surface area contributed by atoms with E-state index in [1.54, 1.807) is 0 Å². The van der Waals surface area contributed by atoms with Gasteiger partial charge in [-0.2, -0.15) is 0 Å². The molecule has 1 heteroatoms. The first-order chi connectivity index (χ1) is 8.74. The van der Waals surface area contributed by atoms with Crippen LogP contribution < -0.4 is 0 Å². The van der Waals surface area contributed by atoms with E-state index in [9.17, 15) is 4.79 Å². The highest BCUT2D eigenvalue weighted by molar-refractivity contribution is 5.98. The predicted octanol–water partition coefficient (Wildman–Crippen LogP) is 4.75. The largest absolute Gasteiger partial charge is 0.295 e. The van der Waals surface area contributed by atoms with Gasteiger partial charge in [0.25, 0.3) is 0 Å². The van der Waals surface area contributed by atoms with Gasteiger partial charge < -0.3 is 0 Å². The molecule has 2 aliphatic carbocycles. The Morgan fingerprint density at radius 2 is 1.94 bits per heavy atom. The average molecular weight is 244 g/mol. The van der Waals surface area contributed by atoms with Crippen LogP contribution in [0, 0.1) is 5.92 Å². The number of rotatable bonds is 3. The van der Waals surface area contributed by atoms with Crippen molar-refractivity contribution in [3.05, 3.63) is 34.9 Å². The molecule has 0 atom stereocenters. The summed E-state index contributed by atoms with van der Waals surface area (Å²) in [5, 5.41) is 0. The van der Waals surface area contributed by atoms with Crippen LogP contribution in [0.25, 0.3) is 0 Å². The molecule has 18 heavy (non-hydrogen) atoms. The lowest BCUT2D eigenvalue weighted by molar-refractivity contribution is -0.116. The zero-order valence-electron chi connectivity index (χ0n) is 11.7. The molecule has 2 rings (SSSR count). The molecule has 0 bridgehead atoms. The molecule has 1 saturated carbocycles. The first-order valence-electron chi connectivity index (χ1n) is 7.30. The molecule has 0 aliphatic heterocycles. The van der Waals surface area contributed by atoms with Crippen LogP contribution in [0.1, 0.15) is 58.8 Å². The normalized spacial score (nSPS) is 25.8. The molecule has 0 amide bonds. The summed E-state index contributed by atoms with van der Waals surface area (Å²) >= 11 is 0. The molecule has 0 unspecified atom stereocenters. The number of ketones is 1. The SMILES string of the molecule is C/C=C1/C=C(C(=O)CC2CCCCC2)C/C1=C/C. The zero-order valence-corrected chi connectivity index (χ0v) is 11.7. The van der Waals surface area contributed by atoms with Gasteiger partial charge in [0.15, 0.2) is 5.78 Å². The fraction of sp³-hybridized carbons (Fsp3) is 0.588. The van der Waals surface area contributed by atoms with Crippen LogP contribution in [0.2, 0.25) is 0 Å². The van der Waals surface area contributed by atoms with E-state index in [1.807, 2.05) is 6.92 Å². The third kappa shape index (κ3) is 3.01. The van der Waals surface area contributed by atoms with Gasteiger partial charge in [0.2, 0.25) is 0 Å². The summed E-state index contributed by atoms with van der Waals surface area (Å²) in [5.74, 6) is 1.04. The van der Waals surface area contributed by atoms with Crippen molar-refractivity contribution in [2.75, 3.05) is 0 Å². The van der Waals surface area contributed by atoms with Crippen LogP contribution in [0.3, 0.4) is 0 Å². The second-order valence-electron chi connectivity index (χ2n) is 5.54. The fourth-order valence-corrected chi connectivity index (χ4v) is 3.14. The highest BCUT2D eigenvalue weighted by Crippen LogP contribution is 2.33. The van der Waals surface area contributed by atoms with E-state index in [0.717, 1.165) is 18.4 Å². The van der Waals surface area contributed by atoms with Gasteiger partial charge >= 0.3 is 0 Å². The molecular formula is C17H24O. The van der Waals surface area contributed by atoms with Crippen LogP contribution in [0.5, 0.6) is 0 Å². The van der Waals surface area contributed by atoms with Gasteiger partial charge in [-0.05, 0) is 37.0 Å². The molecule has 0 aromatic rings. The van der Waals surface area contributed by atoms with E-state index < -0.39 is 0 Å². The average Bonchev–Trinajstić information content (AvgIpc) is 2.83. The maximum atomic E-state index is 12.3. The van der Waals surface area contributed by atoms with Crippen molar-refractivity contribution in [2.24, 2.45) is 5.92 Å². The number of hydrogen-bond acceptors (Lipinski definition) is 1. The summed E-state index contributed by atoms with van der Waals surface area (Å²) in [7, 11) is 0. The zero-order chi connectivity index (χ0) is 13.0. The number of Topliss-reactive ketones (excluding diaryl/α,β-unsaturated/α-hetero) is 1. The van der Waals surface area contributed by atoms with Crippen molar-refractivity contribution in [3.63, 3.8) is 0 Å². The molecule has 0 saturated heterocycles. The summed E-state index contributed by atoms with van der Waals surface area (Å²) in [4.78, 5) is 12.3. The number of carbonyl (C=O) groups is 1. The molecule has 98 valence electrons. The summed E-state index contributed by atoms with van der Waals surface area (Å²) < 4.78 is 0. The predicted molar refractivity (Wildman–Crippen MR) is 76.4 cm³/mol. The van der Waals surface area contributed by atoms with E-state index in [-0.39, 0.29) is 0 Å². The second kappa shape index (κ2) is 6.17. The topological polar surface area (TPSA) is 17.1 Å². The van der Waals surface area contributed by atoms with E-state index >= 15 is 0 Å². The smallest absolute Gasteiger partial charge is 0.159 e. The lowest BCUT2D eigenvalue weighted by Gasteiger charge is -2.20. The van der Waals surface area contributed by atoms with Crippen molar-refractivity contribution >= 4 is 5.78 Å². The van der Waals surface area contributed by atoms with Crippen LogP contribution in [0.4, 0.5) is 0 Å². The Bertz CT molecular complexity index is 403. The van der Waals surface area contributed by atoms with Gasteiger partial charge in [0.05, 0.1) is 0 Å². The Hall–Kier alpha value is -1.11. The molecule has 0 aromatic carbocycles. The Kier molecular flexibility index (Phi) is 4.57. The molecule has 0 N–H and O–H groups in total. The van der Waals surface area contributed by atoms with Gasteiger partial charge in [-0.25, -0.2) is 0 Å². The minimum Gasteiger partial charge on any atom is -0.295 e. The van der Waals surface area contributed by atoms with Gasteiger partial charge in [0, 0.05) is 18.4 Å². The molecule has 0 spiro atoms. The second-order valence-corrected chi connectivity index (χ2v) is 5.54. The minimum absolute atomic E-state index is 0.387. The van der Waals surface area contributed by atoms with Crippen LogP contribution in [-0.4, -0.2) is 5.78 Å². The van der Waals surface area contributed by atoms with Crippen molar-refractivity contribution < 1.29 is 4.79 Å². The minimum atomic E-state index is 0.387. The molecule has 0 aromatic heterocycles. The number of allylic oxidation sites excluding steroid dienone is 6. The molecule has 1 fully saturated rings. The number of hydrogen-bond donors (Lipinski definition) is 0. The fourth-order valence-electron chi connectivity index (χ4n) is 3.14. The molecule has 1 nitrogen and oxygen atoms in total. The Morgan fingerprint density at radius 3 is 2.50 bits per heavy atom. The third-order valence-corrected chi connectivity index (χ3v) is 4.30. The quantitative estimate of drug-likeness (QED) is 0.700. The Balaban J connectivity index is 1.98. The summed E-state index contributed by atoms with van der Waals surface area (Å²) in [6.07, 6.45) is 14.5. The van der Waals surface area contributed by atoms with Crippen molar-refractivity contribution in [1.82, 2.24) is 0 Å². The van der Waals surface area contributed by atoms with Gasteiger partial charge in [-0.3, -0.25) is 4.79 Å². The molecule has 0 radical (unpaired) electrons. The van der Waals surface area contributed by atoms with Gasteiger partial charge in [0.1, 0.15) is 0 Å². The Morgan fingerprint density at radius 1 is 1.22 bits per heavy atom. The molecule has 2 aliphatic rings. The maximum absolute atomic E-state index is 12.3. The molecule has 0 heterocycles. The standard InChI is InChI=1S/C17H24O/c1-3-14-11-16(12-15(14)4-2)17(18)10-13-8-6-5-7-9-13/h3-4,11,13H,5-10,12H2,1-2H3/b14-3-,15-4-.